The Labute approximate surface area is 149 Å². The van der Waals surface area contributed by atoms with Crippen LogP contribution in [0.25, 0.3) is 0 Å². The van der Waals surface area contributed by atoms with E-state index in [1.807, 2.05) is 26.1 Å². The van der Waals surface area contributed by atoms with Gasteiger partial charge in [-0.2, -0.15) is 0 Å². The Kier molecular flexibility index (Phi) is 5.40. The zero-order chi connectivity index (χ0) is 19.0. The lowest BCUT2D eigenvalue weighted by atomic mass is 9.88. The minimum absolute atomic E-state index is 0.0443. The lowest BCUT2D eigenvalue weighted by Crippen LogP contribution is -2.59. The molecule has 2 unspecified atom stereocenters. The molecule has 0 radical (unpaired) electrons. The molecule has 2 atom stereocenters. The lowest BCUT2D eigenvalue weighted by molar-refractivity contribution is -0.142. The van der Waals surface area contributed by atoms with Crippen molar-refractivity contribution in [3.63, 3.8) is 0 Å². The van der Waals surface area contributed by atoms with Gasteiger partial charge in [0.2, 0.25) is 5.91 Å². The monoisotopic (exact) mass is 353 g/mol. The third-order valence-corrected chi connectivity index (χ3v) is 4.61. The van der Waals surface area contributed by atoms with Gasteiger partial charge < -0.3 is 9.80 Å². The predicted octanol–water partition coefficient (Wildman–Crippen LogP) is 3.85. The van der Waals surface area contributed by atoms with Crippen molar-refractivity contribution in [2.24, 2.45) is 0 Å². The molecule has 1 fully saturated rings. The van der Waals surface area contributed by atoms with E-state index in [1.54, 1.807) is 4.90 Å². The summed E-state index contributed by atoms with van der Waals surface area (Å²) in [6, 6.07) is 3.80. The molecule has 1 aromatic heterocycles. The number of anilines is 1. The molecule has 2 rings (SSSR count). The van der Waals surface area contributed by atoms with Crippen LogP contribution in [0.2, 0.25) is 0 Å². The number of piperazine rings is 1. The van der Waals surface area contributed by atoms with Gasteiger partial charge in [-0.15, -0.1) is 0 Å². The van der Waals surface area contributed by atoms with E-state index in [4.69, 9.17) is 0 Å². The van der Waals surface area contributed by atoms with Gasteiger partial charge in [-0.1, -0.05) is 26.8 Å². The molecule has 140 valence electrons. The fourth-order valence-electron chi connectivity index (χ4n) is 3.38. The molecule has 4 nitrogen and oxygen atoms in total. The van der Waals surface area contributed by atoms with Crippen molar-refractivity contribution in [3.8, 4) is 0 Å². The second-order valence-corrected chi connectivity index (χ2v) is 8.31. The average Bonchev–Trinajstić information content (AvgIpc) is 2.43. The number of aromatic nitrogens is 1. The number of carbonyl (C=O) groups is 1. The van der Waals surface area contributed by atoms with Crippen molar-refractivity contribution in [2.45, 2.75) is 71.4 Å². The van der Waals surface area contributed by atoms with Gasteiger partial charge in [-0.25, -0.2) is 13.8 Å². The molecule has 0 N–H and O–H groups in total. The zero-order valence-corrected chi connectivity index (χ0v) is 16.0. The molecule has 0 bridgehead atoms. The highest BCUT2D eigenvalue weighted by Gasteiger charge is 2.37. The molecule has 1 amide bonds. The van der Waals surface area contributed by atoms with E-state index < -0.39 is 18.3 Å². The van der Waals surface area contributed by atoms with Crippen molar-refractivity contribution >= 4 is 11.7 Å². The molecular formula is C19H29F2N3O. The average molecular weight is 353 g/mol. The minimum atomic E-state index is -2.97. The zero-order valence-electron chi connectivity index (χ0n) is 16.0. The van der Waals surface area contributed by atoms with E-state index in [2.05, 4.69) is 36.7 Å². The second kappa shape index (κ2) is 6.89. The summed E-state index contributed by atoms with van der Waals surface area (Å²) in [6.07, 6.45) is 1.15. The first-order chi connectivity index (χ1) is 11.4. The van der Waals surface area contributed by atoms with E-state index in [1.165, 1.54) is 0 Å². The van der Waals surface area contributed by atoms with Gasteiger partial charge in [0.1, 0.15) is 5.82 Å². The summed E-state index contributed by atoms with van der Waals surface area (Å²) in [6.45, 7) is 12.2. The summed E-state index contributed by atoms with van der Waals surface area (Å²) in [7, 11) is 0. The topological polar surface area (TPSA) is 36.4 Å². The summed E-state index contributed by atoms with van der Waals surface area (Å²) in [4.78, 5) is 20.5. The predicted molar refractivity (Wildman–Crippen MR) is 96.2 cm³/mol. The number of hydrogen-bond donors (Lipinski definition) is 0. The number of alkyl halides is 2. The Hall–Kier alpha value is -1.72. The van der Waals surface area contributed by atoms with E-state index in [-0.39, 0.29) is 17.5 Å². The van der Waals surface area contributed by atoms with Crippen LogP contribution in [0.15, 0.2) is 18.3 Å². The number of amides is 1. The van der Waals surface area contributed by atoms with E-state index in [9.17, 15) is 13.6 Å². The number of carbonyl (C=O) groups excluding carboxylic acids is 1. The summed E-state index contributed by atoms with van der Waals surface area (Å²) in [5.74, 6) is -2.60. The van der Waals surface area contributed by atoms with Crippen molar-refractivity contribution in [1.82, 2.24) is 9.88 Å². The third kappa shape index (κ3) is 4.89. The molecule has 0 aromatic carbocycles. The van der Waals surface area contributed by atoms with Gasteiger partial charge in [0, 0.05) is 31.4 Å². The lowest BCUT2D eigenvalue weighted by Gasteiger charge is -2.45. The largest absolute Gasteiger partial charge is 0.353 e. The number of nitrogens with zero attached hydrogens (tertiary/aromatic N) is 3. The van der Waals surface area contributed by atoms with Crippen LogP contribution in [0.1, 0.15) is 53.5 Å². The molecule has 1 saturated heterocycles. The Bertz CT molecular complexity index is 593. The summed E-state index contributed by atoms with van der Waals surface area (Å²) < 4.78 is 26.4. The van der Waals surface area contributed by atoms with Gasteiger partial charge in [-0.05, 0) is 37.8 Å². The maximum Gasteiger partial charge on any atom is 0.254 e. The molecule has 6 heteroatoms. The maximum atomic E-state index is 13.2. The Morgan fingerprint density at radius 3 is 2.12 bits per heavy atom. The van der Waals surface area contributed by atoms with Crippen LogP contribution in [0.5, 0.6) is 0 Å². The smallest absolute Gasteiger partial charge is 0.254 e. The fourth-order valence-corrected chi connectivity index (χ4v) is 3.38. The number of halogens is 2. The first-order valence-electron chi connectivity index (χ1n) is 8.79. The van der Waals surface area contributed by atoms with Crippen molar-refractivity contribution in [2.75, 3.05) is 18.0 Å². The highest BCUT2D eigenvalue weighted by atomic mass is 19.3. The molecular weight excluding hydrogens is 324 g/mol. The van der Waals surface area contributed by atoms with E-state index >= 15 is 0 Å². The number of hydrogen-bond acceptors (Lipinski definition) is 3. The number of rotatable bonds is 3. The van der Waals surface area contributed by atoms with Crippen LogP contribution in [-0.2, 0) is 10.2 Å². The summed E-state index contributed by atoms with van der Waals surface area (Å²) in [5.41, 5.74) is 1.21. The SMILES string of the molecule is CC1CN(c2ccc(C(C)(C)C)cn2)CC(C)N1C(=O)CC(C)(F)F. The molecule has 1 aliphatic heterocycles. The normalized spacial score (nSPS) is 22.2. The minimum Gasteiger partial charge on any atom is -0.353 e. The Balaban J connectivity index is 2.10. The maximum absolute atomic E-state index is 13.2. The summed E-state index contributed by atoms with van der Waals surface area (Å²) >= 11 is 0. The van der Waals surface area contributed by atoms with Crippen LogP contribution < -0.4 is 4.90 Å². The molecule has 1 aliphatic rings. The Morgan fingerprint density at radius 1 is 1.16 bits per heavy atom. The standard InChI is InChI=1S/C19H29F2N3O/c1-13-11-23(16-8-7-15(10-22-16)18(3,4)5)12-14(2)24(13)17(25)9-19(6,20)21/h7-8,10,13-14H,9,11-12H2,1-6H3. The van der Waals surface area contributed by atoms with Gasteiger partial charge in [0.15, 0.2) is 0 Å². The van der Waals surface area contributed by atoms with Crippen LogP contribution in [0.3, 0.4) is 0 Å². The highest BCUT2D eigenvalue weighted by molar-refractivity contribution is 5.78. The van der Waals surface area contributed by atoms with Gasteiger partial charge >= 0.3 is 0 Å². The van der Waals surface area contributed by atoms with Crippen molar-refractivity contribution in [3.05, 3.63) is 23.9 Å². The quantitative estimate of drug-likeness (QED) is 0.828. The highest BCUT2D eigenvalue weighted by Crippen LogP contribution is 2.27. The third-order valence-electron chi connectivity index (χ3n) is 4.61. The van der Waals surface area contributed by atoms with Crippen LogP contribution >= 0.6 is 0 Å². The fraction of sp³-hybridized carbons (Fsp3) is 0.684. The van der Waals surface area contributed by atoms with Crippen molar-refractivity contribution < 1.29 is 13.6 Å². The molecule has 25 heavy (non-hydrogen) atoms. The summed E-state index contributed by atoms with van der Waals surface area (Å²) in [5, 5.41) is 0. The van der Waals surface area contributed by atoms with E-state index in [0.29, 0.717) is 13.1 Å². The molecule has 0 spiro atoms. The van der Waals surface area contributed by atoms with Crippen LogP contribution in [-0.4, -0.2) is 46.9 Å². The van der Waals surface area contributed by atoms with Crippen LogP contribution in [0.4, 0.5) is 14.6 Å². The van der Waals surface area contributed by atoms with Crippen molar-refractivity contribution in [1.29, 1.82) is 0 Å². The van der Waals surface area contributed by atoms with Gasteiger partial charge in [0.25, 0.3) is 5.92 Å². The molecule has 2 heterocycles. The van der Waals surface area contributed by atoms with Gasteiger partial charge in [-0.3, -0.25) is 4.79 Å². The Morgan fingerprint density at radius 2 is 1.72 bits per heavy atom. The van der Waals surface area contributed by atoms with Gasteiger partial charge in [0.05, 0.1) is 6.42 Å². The first-order valence-corrected chi connectivity index (χ1v) is 8.79. The number of pyridine rings is 1. The first kappa shape index (κ1) is 19.6. The van der Waals surface area contributed by atoms with E-state index in [0.717, 1.165) is 18.3 Å². The second-order valence-electron chi connectivity index (χ2n) is 8.31. The van der Waals surface area contributed by atoms with Crippen LogP contribution in [0, 0.1) is 0 Å². The molecule has 1 aromatic rings. The molecule has 0 aliphatic carbocycles. The molecule has 0 saturated carbocycles.